The normalized spacial score (nSPS) is 26.2. The van der Waals surface area contributed by atoms with Gasteiger partial charge in [-0.25, -0.2) is 0 Å². The van der Waals surface area contributed by atoms with Gasteiger partial charge in [-0.15, -0.1) is 0 Å². The molecule has 0 N–H and O–H groups in total. The van der Waals surface area contributed by atoms with Crippen molar-refractivity contribution in [3.63, 3.8) is 0 Å². The molecule has 1 aliphatic carbocycles. The summed E-state index contributed by atoms with van der Waals surface area (Å²) in [5.74, 6) is 2.12. The van der Waals surface area contributed by atoms with E-state index in [-0.39, 0.29) is 0 Å². The highest BCUT2D eigenvalue weighted by Crippen LogP contribution is 2.37. The van der Waals surface area contributed by atoms with Crippen LogP contribution in [0.5, 0.6) is 0 Å². The van der Waals surface area contributed by atoms with Gasteiger partial charge < -0.3 is 4.90 Å². The largest absolute Gasteiger partial charge is 0.303 e. The monoisotopic (exact) mass is 283 g/mol. The summed E-state index contributed by atoms with van der Waals surface area (Å²) in [5, 5.41) is 0. The molecule has 0 amide bonds. The van der Waals surface area contributed by atoms with E-state index in [4.69, 9.17) is 12.6 Å². The topological polar surface area (TPSA) is 3.24 Å². The third kappa shape index (κ3) is 4.67. The number of hydrogen-bond acceptors (Lipinski definition) is 2. The molecule has 0 bridgehead atoms. The van der Waals surface area contributed by atoms with Crippen molar-refractivity contribution in [1.29, 1.82) is 0 Å². The third-order valence-electron chi connectivity index (χ3n) is 5.46. The lowest BCUT2D eigenvalue weighted by molar-refractivity contribution is 0.109. The molecule has 1 saturated heterocycles. The maximum atomic E-state index is 4.72. The smallest absolute Gasteiger partial charge is 0.00458 e. The Balaban J connectivity index is 1.82. The molecule has 1 aliphatic heterocycles. The first-order valence-corrected chi connectivity index (χ1v) is 9.24. The average Bonchev–Trinajstić information content (AvgIpc) is 2.68. The van der Waals surface area contributed by atoms with Gasteiger partial charge in [-0.3, -0.25) is 0 Å². The van der Waals surface area contributed by atoms with E-state index in [0.29, 0.717) is 5.41 Å². The molecular formula is C17H33NS. The molecule has 0 radical (unpaired) electrons. The van der Waals surface area contributed by atoms with Crippen molar-refractivity contribution in [3.8, 4) is 0 Å². The number of hydrogen-bond donors (Lipinski definition) is 1. The molecule has 0 aromatic carbocycles. The van der Waals surface area contributed by atoms with Crippen molar-refractivity contribution in [2.24, 2.45) is 11.3 Å². The Labute approximate surface area is 125 Å². The van der Waals surface area contributed by atoms with Gasteiger partial charge in [-0.2, -0.15) is 12.6 Å². The summed E-state index contributed by atoms with van der Waals surface area (Å²) in [4.78, 5) is 2.76. The third-order valence-corrected chi connectivity index (χ3v) is 6.13. The molecule has 0 spiro atoms. The first-order valence-electron chi connectivity index (χ1n) is 8.61. The van der Waals surface area contributed by atoms with Crippen LogP contribution in [0.15, 0.2) is 0 Å². The number of thiol groups is 1. The maximum Gasteiger partial charge on any atom is 0.00458 e. The van der Waals surface area contributed by atoms with Crippen LogP contribution in [0.25, 0.3) is 0 Å². The maximum absolute atomic E-state index is 4.72. The van der Waals surface area contributed by atoms with Crippen molar-refractivity contribution < 1.29 is 0 Å². The van der Waals surface area contributed by atoms with Crippen LogP contribution >= 0.6 is 12.6 Å². The predicted octanol–water partition coefficient (Wildman–Crippen LogP) is 4.77. The Morgan fingerprint density at radius 3 is 2.21 bits per heavy atom. The second-order valence-corrected chi connectivity index (χ2v) is 7.40. The van der Waals surface area contributed by atoms with Crippen LogP contribution in [-0.2, 0) is 0 Å². The zero-order valence-electron chi connectivity index (χ0n) is 12.9. The highest BCUT2D eigenvalue weighted by Gasteiger charge is 2.32. The summed E-state index contributed by atoms with van der Waals surface area (Å²) in [7, 11) is 0. The molecule has 0 atom stereocenters. The lowest BCUT2D eigenvalue weighted by Crippen LogP contribution is -2.43. The van der Waals surface area contributed by atoms with E-state index in [1.54, 1.807) is 0 Å². The van der Waals surface area contributed by atoms with Crippen LogP contribution < -0.4 is 0 Å². The molecular weight excluding hydrogens is 250 g/mol. The summed E-state index contributed by atoms with van der Waals surface area (Å²) >= 11 is 4.72. The van der Waals surface area contributed by atoms with Gasteiger partial charge in [0.2, 0.25) is 0 Å². The highest BCUT2D eigenvalue weighted by molar-refractivity contribution is 7.80. The van der Waals surface area contributed by atoms with Gasteiger partial charge in [0.05, 0.1) is 0 Å². The molecule has 2 aliphatic rings. The first-order chi connectivity index (χ1) is 9.28. The minimum absolute atomic E-state index is 0.539. The quantitative estimate of drug-likeness (QED) is 0.562. The second-order valence-electron chi connectivity index (χ2n) is 7.08. The summed E-state index contributed by atoms with van der Waals surface area (Å²) in [6.45, 7) is 6.35. The first kappa shape index (κ1) is 15.7. The van der Waals surface area contributed by atoms with Crippen LogP contribution in [0, 0.1) is 11.3 Å². The predicted molar refractivity (Wildman–Crippen MR) is 88.1 cm³/mol. The number of nitrogens with zero attached hydrogens (tertiary/aromatic N) is 1. The van der Waals surface area contributed by atoms with Crippen molar-refractivity contribution in [2.45, 2.75) is 71.1 Å². The summed E-state index contributed by atoms with van der Waals surface area (Å²) in [6, 6.07) is 0. The fourth-order valence-corrected chi connectivity index (χ4v) is 4.58. The Morgan fingerprint density at radius 1 is 1.05 bits per heavy atom. The zero-order chi connectivity index (χ0) is 13.6. The Kier molecular flexibility index (Phi) is 6.55. The molecule has 1 nitrogen and oxygen atoms in total. The van der Waals surface area contributed by atoms with E-state index >= 15 is 0 Å². The molecule has 2 fully saturated rings. The Hall–Kier alpha value is 0.310. The molecule has 0 aromatic heterocycles. The molecule has 0 unspecified atom stereocenters. The molecule has 112 valence electrons. The lowest BCUT2D eigenvalue weighted by atomic mass is 9.81. The number of likely N-dealkylation sites (tertiary alicyclic amines) is 1. The van der Waals surface area contributed by atoms with Crippen LogP contribution in [0.4, 0.5) is 0 Å². The second kappa shape index (κ2) is 7.93. The van der Waals surface area contributed by atoms with Gasteiger partial charge in [-0.1, -0.05) is 45.4 Å². The van der Waals surface area contributed by atoms with E-state index in [1.165, 1.54) is 83.8 Å². The van der Waals surface area contributed by atoms with E-state index in [9.17, 15) is 0 Å². The minimum atomic E-state index is 0.539. The molecule has 2 rings (SSSR count). The average molecular weight is 284 g/mol. The fourth-order valence-electron chi connectivity index (χ4n) is 4.16. The highest BCUT2D eigenvalue weighted by atomic mass is 32.1. The van der Waals surface area contributed by atoms with Crippen molar-refractivity contribution in [1.82, 2.24) is 4.90 Å². The van der Waals surface area contributed by atoms with Crippen LogP contribution in [-0.4, -0.2) is 30.3 Å². The van der Waals surface area contributed by atoms with Gasteiger partial charge in [-0.05, 0) is 55.9 Å². The van der Waals surface area contributed by atoms with Crippen molar-refractivity contribution in [3.05, 3.63) is 0 Å². The van der Waals surface area contributed by atoms with Crippen LogP contribution in [0.1, 0.15) is 71.1 Å². The number of rotatable bonds is 5. The van der Waals surface area contributed by atoms with Gasteiger partial charge >= 0.3 is 0 Å². The zero-order valence-corrected chi connectivity index (χ0v) is 13.8. The van der Waals surface area contributed by atoms with Gasteiger partial charge in [0.15, 0.2) is 0 Å². The lowest BCUT2D eigenvalue weighted by Gasteiger charge is -2.40. The van der Waals surface area contributed by atoms with E-state index in [0.717, 1.165) is 11.7 Å². The number of piperidine rings is 1. The summed E-state index contributed by atoms with van der Waals surface area (Å²) in [6.07, 6.45) is 14.3. The van der Waals surface area contributed by atoms with E-state index in [1.807, 2.05) is 0 Å². The molecule has 0 aromatic rings. The SMILES string of the molecule is CCCC1CCN(CC2(CS)CCCCCC2)CC1. The van der Waals surface area contributed by atoms with Gasteiger partial charge in [0.25, 0.3) is 0 Å². The fraction of sp³-hybridized carbons (Fsp3) is 1.00. The Bertz CT molecular complexity index is 238. The summed E-state index contributed by atoms with van der Waals surface area (Å²) < 4.78 is 0. The van der Waals surface area contributed by atoms with E-state index < -0.39 is 0 Å². The van der Waals surface area contributed by atoms with Gasteiger partial charge in [0.1, 0.15) is 0 Å². The molecule has 2 heteroatoms. The van der Waals surface area contributed by atoms with Crippen molar-refractivity contribution in [2.75, 3.05) is 25.4 Å². The molecule has 1 saturated carbocycles. The van der Waals surface area contributed by atoms with Crippen molar-refractivity contribution >= 4 is 12.6 Å². The molecule has 1 heterocycles. The minimum Gasteiger partial charge on any atom is -0.303 e. The Morgan fingerprint density at radius 2 is 1.68 bits per heavy atom. The van der Waals surface area contributed by atoms with Gasteiger partial charge in [0, 0.05) is 6.54 Å². The van der Waals surface area contributed by atoms with E-state index in [2.05, 4.69) is 11.8 Å². The van der Waals surface area contributed by atoms with Crippen LogP contribution in [0.2, 0.25) is 0 Å². The summed E-state index contributed by atoms with van der Waals surface area (Å²) in [5.41, 5.74) is 0.539. The molecule has 19 heavy (non-hydrogen) atoms. The van der Waals surface area contributed by atoms with Crippen LogP contribution in [0.3, 0.4) is 0 Å². The standard InChI is InChI=1S/C17H33NS/c1-2-7-16-8-12-18(13-9-16)14-17(15-19)10-5-3-4-6-11-17/h16,19H,2-15H2,1H3.